The number of nitriles is 1. The minimum atomic E-state index is -0.557. The van der Waals surface area contributed by atoms with Crippen LogP contribution in [0.3, 0.4) is 0 Å². The summed E-state index contributed by atoms with van der Waals surface area (Å²) in [6.07, 6.45) is 2.47. The molecule has 0 fully saturated rings. The molecule has 4 N–H and O–H groups in total. The lowest BCUT2D eigenvalue weighted by Gasteiger charge is -2.15. The summed E-state index contributed by atoms with van der Waals surface area (Å²) in [5.74, 6) is -0.211. The van der Waals surface area contributed by atoms with Crippen LogP contribution in [0.4, 0.5) is 5.69 Å². The minimum Gasteiger partial charge on any atom is -0.491 e. The number of carbonyl (C=O) groups is 1. The lowest BCUT2D eigenvalue weighted by Crippen LogP contribution is -2.14. The van der Waals surface area contributed by atoms with Gasteiger partial charge >= 0.3 is 0 Å². The molecule has 0 aliphatic heterocycles. The average molecular weight is 275 g/mol. The molecule has 0 unspecified atom stereocenters. The Balaban J connectivity index is 2.51. The molecule has 0 heterocycles. The number of para-hydroxylation sites is 1. The molecule has 0 atom stereocenters. The quantitative estimate of drug-likeness (QED) is 0.589. The van der Waals surface area contributed by atoms with E-state index in [-0.39, 0.29) is 5.41 Å². The van der Waals surface area contributed by atoms with E-state index in [0.29, 0.717) is 23.6 Å². The zero-order chi connectivity index (χ0) is 15.2. The molecule has 5 nitrogen and oxygen atoms in total. The molecule has 0 aliphatic carbocycles. The Bertz CT molecular complexity index is 518. The zero-order valence-electron chi connectivity index (χ0n) is 12.0. The number of amides is 1. The molecule has 0 aliphatic rings. The van der Waals surface area contributed by atoms with Gasteiger partial charge in [-0.2, -0.15) is 5.26 Å². The van der Waals surface area contributed by atoms with E-state index >= 15 is 0 Å². The molecule has 108 valence electrons. The molecule has 0 spiro atoms. The fraction of sp³-hybridized carbons (Fsp3) is 0.467. The van der Waals surface area contributed by atoms with Gasteiger partial charge in [0.15, 0.2) is 5.75 Å². The Kier molecular flexibility index (Phi) is 5.39. The normalized spacial score (nSPS) is 10.8. The summed E-state index contributed by atoms with van der Waals surface area (Å²) in [7, 11) is 0. The molecule has 20 heavy (non-hydrogen) atoms. The molecular weight excluding hydrogens is 254 g/mol. The third-order valence-corrected chi connectivity index (χ3v) is 3.06. The van der Waals surface area contributed by atoms with Gasteiger partial charge < -0.3 is 16.2 Å². The smallest absolute Gasteiger partial charge is 0.252 e. The minimum absolute atomic E-state index is 0.294. The van der Waals surface area contributed by atoms with E-state index in [0.717, 1.165) is 19.3 Å². The number of primary amides is 1. The van der Waals surface area contributed by atoms with E-state index in [1.807, 2.05) is 13.8 Å². The molecule has 0 saturated carbocycles. The lowest BCUT2D eigenvalue weighted by molar-refractivity contribution is 0.0996. The van der Waals surface area contributed by atoms with Crippen molar-refractivity contribution in [2.45, 2.75) is 33.1 Å². The van der Waals surface area contributed by atoms with Gasteiger partial charge in [-0.25, -0.2) is 0 Å². The summed E-state index contributed by atoms with van der Waals surface area (Å²) in [5.41, 5.74) is 11.4. The van der Waals surface area contributed by atoms with Gasteiger partial charge in [0, 0.05) is 0 Å². The third-order valence-electron chi connectivity index (χ3n) is 3.06. The van der Waals surface area contributed by atoms with Crippen LogP contribution >= 0.6 is 0 Å². The number of hydrogen-bond acceptors (Lipinski definition) is 4. The monoisotopic (exact) mass is 275 g/mol. The van der Waals surface area contributed by atoms with Crippen molar-refractivity contribution < 1.29 is 9.53 Å². The second-order valence-electron chi connectivity index (χ2n) is 5.39. The van der Waals surface area contributed by atoms with E-state index in [4.69, 9.17) is 21.5 Å². The summed E-state index contributed by atoms with van der Waals surface area (Å²) >= 11 is 0. The highest BCUT2D eigenvalue weighted by molar-refractivity contribution is 5.97. The van der Waals surface area contributed by atoms with E-state index in [1.165, 1.54) is 0 Å². The van der Waals surface area contributed by atoms with E-state index < -0.39 is 5.91 Å². The summed E-state index contributed by atoms with van der Waals surface area (Å²) < 4.78 is 5.57. The molecule has 0 aromatic heterocycles. The van der Waals surface area contributed by atoms with Crippen molar-refractivity contribution in [3.05, 3.63) is 23.8 Å². The fourth-order valence-corrected chi connectivity index (χ4v) is 1.81. The van der Waals surface area contributed by atoms with Crippen molar-refractivity contribution in [1.82, 2.24) is 0 Å². The Hall–Kier alpha value is -2.22. The summed E-state index contributed by atoms with van der Waals surface area (Å²) in [6.45, 7) is 4.26. The van der Waals surface area contributed by atoms with Crippen molar-refractivity contribution >= 4 is 11.6 Å². The molecule has 0 radical (unpaired) electrons. The molecule has 5 heteroatoms. The predicted octanol–water partition coefficient (Wildman–Crippen LogP) is 2.47. The summed E-state index contributed by atoms with van der Waals surface area (Å²) in [5, 5.41) is 8.91. The van der Waals surface area contributed by atoms with Crippen LogP contribution in [0.1, 0.15) is 43.5 Å². The van der Waals surface area contributed by atoms with Gasteiger partial charge in [0.05, 0.1) is 29.3 Å². The largest absolute Gasteiger partial charge is 0.491 e. The van der Waals surface area contributed by atoms with Crippen LogP contribution in [0.5, 0.6) is 5.75 Å². The highest BCUT2D eigenvalue weighted by atomic mass is 16.5. The number of hydrogen-bond donors (Lipinski definition) is 2. The van der Waals surface area contributed by atoms with Gasteiger partial charge in [0.25, 0.3) is 5.91 Å². The van der Waals surface area contributed by atoms with Gasteiger partial charge in [0.1, 0.15) is 0 Å². The van der Waals surface area contributed by atoms with E-state index in [2.05, 4.69) is 6.07 Å². The maximum atomic E-state index is 11.3. The predicted molar refractivity (Wildman–Crippen MR) is 78.1 cm³/mol. The molecular formula is C15H21N3O2. The van der Waals surface area contributed by atoms with Gasteiger partial charge in [-0.1, -0.05) is 6.07 Å². The van der Waals surface area contributed by atoms with Crippen molar-refractivity contribution in [2.75, 3.05) is 12.3 Å². The maximum Gasteiger partial charge on any atom is 0.252 e. The van der Waals surface area contributed by atoms with Crippen LogP contribution in [-0.2, 0) is 0 Å². The Labute approximate surface area is 119 Å². The molecule has 1 amide bonds. The number of nitrogen functional groups attached to an aromatic ring is 1. The Morgan fingerprint density at radius 2 is 2.10 bits per heavy atom. The first kappa shape index (κ1) is 15.8. The standard InChI is InChI=1S/C15H21N3O2/c1-15(2,10-16)8-3-4-9-20-13-11(14(18)19)6-5-7-12(13)17/h5-7H,3-4,8-9,17H2,1-2H3,(H2,18,19). The van der Waals surface area contributed by atoms with Crippen LogP contribution in [0.15, 0.2) is 18.2 Å². The number of nitrogens with zero attached hydrogens (tertiary/aromatic N) is 1. The molecule has 1 aromatic carbocycles. The van der Waals surface area contributed by atoms with Gasteiger partial charge in [-0.05, 0) is 45.2 Å². The lowest BCUT2D eigenvalue weighted by atomic mass is 9.89. The summed E-state index contributed by atoms with van der Waals surface area (Å²) in [6, 6.07) is 7.18. The zero-order valence-corrected chi connectivity index (χ0v) is 12.0. The second kappa shape index (κ2) is 6.80. The first-order valence-electron chi connectivity index (χ1n) is 6.60. The summed E-state index contributed by atoms with van der Waals surface area (Å²) in [4.78, 5) is 11.3. The van der Waals surface area contributed by atoms with Crippen LogP contribution < -0.4 is 16.2 Å². The van der Waals surface area contributed by atoms with Crippen LogP contribution in [0, 0.1) is 16.7 Å². The Morgan fingerprint density at radius 3 is 2.70 bits per heavy atom. The molecule has 1 rings (SSSR count). The van der Waals surface area contributed by atoms with Gasteiger partial charge in [-0.3, -0.25) is 4.79 Å². The number of carbonyl (C=O) groups excluding carboxylic acids is 1. The van der Waals surface area contributed by atoms with Crippen LogP contribution in [0.2, 0.25) is 0 Å². The Morgan fingerprint density at radius 1 is 1.40 bits per heavy atom. The first-order chi connectivity index (χ1) is 9.37. The molecule has 0 bridgehead atoms. The number of ether oxygens (including phenoxy) is 1. The number of nitrogens with two attached hydrogens (primary N) is 2. The van der Waals surface area contributed by atoms with E-state index in [1.54, 1.807) is 18.2 Å². The molecule has 0 saturated heterocycles. The van der Waals surface area contributed by atoms with Crippen molar-refractivity contribution in [3.8, 4) is 11.8 Å². The van der Waals surface area contributed by atoms with Gasteiger partial charge in [0.2, 0.25) is 0 Å². The van der Waals surface area contributed by atoms with E-state index in [9.17, 15) is 4.79 Å². The highest BCUT2D eigenvalue weighted by Crippen LogP contribution is 2.27. The third kappa shape index (κ3) is 4.47. The second-order valence-corrected chi connectivity index (χ2v) is 5.39. The topological polar surface area (TPSA) is 102 Å². The maximum absolute atomic E-state index is 11.3. The molecule has 1 aromatic rings. The van der Waals surface area contributed by atoms with Crippen molar-refractivity contribution in [3.63, 3.8) is 0 Å². The SMILES string of the molecule is CC(C)(C#N)CCCCOc1c(N)cccc1C(N)=O. The van der Waals surface area contributed by atoms with Crippen molar-refractivity contribution in [2.24, 2.45) is 11.1 Å². The number of rotatable bonds is 7. The number of unbranched alkanes of at least 4 members (excludes halogenated alkanes) is 1. The number of benzene rings is 1. The van der Waals surface area contributed by atoms with Crippen LogP contribution in [-0.4, -0.2) is 12.5 Å². The van der Waals surface area contributed by atoms with Crippen molar-refractivity contribution in [1.29, 1.82) is 5.26 Å². The number of anilines is 1. The first-order valence-corrected chi connectivity index (χ1v) is 6.60. The average Bonchev–Trinajstić information content (AvgIpc) is 2.39. The van der Waals surface area contributed by atoms with Gasteiger partial charge in [-0.15, -0.1) is 0 Å². The highest BCUT2D eigenvalue weighted by Gasteiger charge is 2.16. The van der Waals surface area contributed by atoms with Crippen LogP contribution in [0.25, 0.3) is 0 Å². The fourth-order valence-electron chi connectivity index (χ4n) is 1.81.